The van der Waals surface area contributed by atoms with Gasteiger partial charge in [0.25, 0.3) is 5.91 Å². The average Bonchev–Trinajstić information content (AvgIpc) is 2.18. The normalized spacial score (nSPS) is 32.1. The molecule has 64 valence electrons. The van der Waals surface area contributed by atoms with E-state index in [4.69, 9.17) is 0 Å². The number of carbonyl (C=O) groups excluding carboxylic acids is 1. The van der Waals surface area contributed by atoms with Gasteiger partial charge in [-0.05, 0) is 5.92 Å². The maximum Gasteiger partial charge on any atom is 0.254 e. The molecule has 1 amide bonds. The molecule has 1 N–H and O–H groups in total. The second kappa shape index (κ2) is 2.48. The maximum absolute atomic E-state index is 11.3. The third-order valence-corrected chi connectivity index (χ3v) is 2.50. The molecule has 1 aliphatic heterocycles. The molecule has 3 nitrogen and oxygen atoms in total. The number of nitrogens with zero attached hydrogens (tertiary/aromatic N) is 1. The minimum Gasteiger partial charge on any atom is -0.380 e. The van der Waals surface area contributed by atoms with Crippen molar-refractivity contribution in [1.29, 1.82) is 0 Å². The third kappa shape index (κ3) is 1.13. The van der Waals surface area contributed by atoms with Gasteiger partial charge in [0.15, 0.2) is 0 Å². The van der Waals surface area contributed by atoms with Crippen molar-refractivity contribution in [3.8, 4) is 0 Å². The van der Waals surface area contributed by atoms with Crippen LogP contribution in [0.1, 0.15) is 20.3 Å². The second-order valence-electron chi connectivity index (χ2n) is 3.56. The van der Waals surface area contributed by atoms with E-state index in [-0.39, 0.29) is 11.8 Å². The van der Waals surface area contributed by atoms with Crippen LogP contribution in [0.4, 0.5) is 0 Å². The van der Waals surface area contributed by atoms with Crippen LogP contribution in [-0.4, -0.2) is 35.1 Å². The van der Waals surface area contributed by atoms with Crippen LogP contribution in [0.3, 0.4) is 0 Å². The monoisotopic (exact) mass is 157 g/mol. The zero-order chi connectivity index (χ0) is 8.65. The van der Waals surface area contributed by atoms with Gasteiger partial charge in [0.2, 0.25) is 0 Å². The summed E-state index contributed by atoms with van der Waals surface area (Å²) in [6.07, 6.45) is 0.569. The van der Waals surface area contributed by atoms with E-state index in [1.165, 1.54) is 0 Å². The van der Waals surface area contributed by atoms with Gasteiger partial charge in [-0.1, -0.05) is 13.8 Å². The quantitative estimate of drug-likeness (QED) is 0.592. The molecule has 0 aromatic rings. The van der Waals surface area contributed by atoms with Crippen LogP contribution in [0.2, 0.25) is 0 Å². The molecule has 1 atom stereocenters. The molecule has 11 heavy (non-hydrogen) atoms. The summed E-state index contributed by atoms with van der Waals surface area (Å²) in [5.74, 6) is -0.118. The highest BCUT2D eigenvalue weighted by molar-refractivity contribution is 5.87. The van der Waals surface area contributed by atoms with E-state index in [2.05, 4.69) is 0 Å². The van der Waals surface area contributed by atoms with Crippen LogP contribution < -0.4 is 0 Å². The zero-order valence-corrected chi connectivity index (χ0v) is 7.29. The smallest absolute Gasteiger partial charge is 0.254 e. The molecular formula is C8H15NO2. The van der Waals surface area contributed by atoms with Gasteiger partial charge in [0.1, 0.15) is 5.60 Å². The molecule has 1 saturated heterocycles. The van der Waals surface area contributed by atoms with Gasteiger partial charge in [0, 0.05) is 20.0 Å². The number of likely N-dealkylation sites (tertiary alicyclic amines) is 1. The van der Waals surface area contributed by atoms with E-state index >= 15 is 0 Å². The van der Waals surface area contributed by atoms with E-state index in [1.807, 2.05) is 13.8 Å². The van der Waals surface area contributed by atoms with Gasteiger partial charge < -0.3 is 10.0 Å². The van der Waals surface area contributed by atoms with Crippen LogP contribution in [0.5, 0.6) is 0 Å². The van der Waals surface area contributed by atoms with Crippen molar-refractivity contribution in [2.45, 2.75) is 25.9 Å². The number of aliphatic hydroxyl groups is 1. The van der Waals surface area contributed by atoms with Crippen molar-refractivity contribution in [3.63, 3.8) is 0 Å². The SMILES string of the molecule is CC(C)[C@@]1(O)CCN(C)C1=O. The van der Waals surface area contributed by atoms with Gasteiger partial charge in [0.05, 0.1) is 0 Å². The number of rotatable bonds is 1. The summed E-state index contributed by atoms with van der Waals surface area (Å²) >= 11 is 0. The predicted molar refractivity (Wildman–Crippen MR) is 42.0 cm³/mol. The molecule has 0 aromatic carbocycles. The van der Waals surface area contributed by atoms with Crippen LogP contribution in [0.15, 0.2) is 0 Å². The first kappa shape index (κ1) is 8.53. The standard InChI is InChI=1S/C8H15NO2/c1-6(2)8(11)4-5-9(3)7(8)10/h6,11H,4-5H2,1-3H3/t8-/m0/s1. The number of hydrogen-bond donors (Lipinski definition) is 1. The van der Waals surface area contributed by atoms with Gasteiger partial charge in [-0.3, -0.25) is 4.79 Å². The Kier molecular flexibility index (Phi) is 1.92. The molecule has 0 radical (unpaired) electrons. The summed E-state index contributed by atoms with van der Waals surface area (Å²) in [5, 5.41) is 9.82. The highest BCUT2D eigenvalue weighted by atomic mass is 16.3. The van der Waals surface area contributed by atoms with Crippen LogP contribution in [0.25, 0.3) is 0 Å². The molecule has 0 aliphatic carbocycles. The highest BCUT2D eigenvalue weighted by Crippen LogP contribution is 2.28. The van der Waals surface area contributed by atoms with Gasteiger partial charge >= 0.3 is 0 Å². The summed E-state index contributed by atoms with van der Waals surface area (Å²) in [6.45, 7) is 4.42. The van der Waals surface area contributed by atoms with E-state index in [1.54, 1.807) is 11.9 Å². The molecule has 1 aliphatic rings. The Bertz CT molecular complexity index is 179. The Morgan fingerprint density at radius 1 is 1.64 bits per heavy atom. The van der Waals surface area contributed by atoms with E-state index in [0.29, 0.717) is 13.0 Å². The average molecular weight is 157 g/mol. The molecule has 1 heterocycles. The molecule has 3 heteroatoms. The van der Waals surface area contributed by atoms with Crippen molar-refractivity contribution >= 4 is 5.91 Å². The fourth-order valence-corrected chi connectivity index (χ4v) is 1.41. The van der Waals surface area contributed by atoms with Crippen LogP contribution in [-0.2, 0) is 4.79 Å². The summed E-state index contributed by atoms with van der Waals surface area (Å²) in [5.41, 5.74) is -1.09. The van der Waals surface area contributed by atoms with E-state index in [0.717, 1.165) is 0 Å². The summed E-state index contributed by atoms with van der Waals surface area (Å²) in [7, 11) is 1.72. The Balaban J connectivity index is 2.81. The first-order valence-electron chi connectivity index (χ1n) is 3.96. The topological polar surface area (TPSA) is 40.5 Å². The number of carbonyl (C=O) groups is 1. The van der Waals surface area contributed by atoms with Crippen LogP contribution >= 0.6 is 0 Å². The molecule has 0 saturated carbocycles. The Hall–Kier alpha value is -0.570. The molecule has 1 fully saturated rings. The molecule has 0 unspecified atom stereocenters. The fraction of sp³-hybridized carbons (Fsp3) is 0.875. The first-order valence-corrected chi connectivity index (χ1v) is 3.96. The summed E-state index contributed by atoms with van der Waals surface area (Å²) in [4.78, 5) is 12.9. The van der Waals surface area contributed by atoms with Crippen LogP contribution in [0, 0.1) is 5.92 Å². The first-order chi connectivity index (χ1) is 4.98. The lowest BCUT2D eigenvalue weighted by Crippen LogP contribution is -2.43. The maximum atomic E-state index is 11.3. The van der Waals surface area contributed by atoms with E-state index in [9.17, 15) is 9.90 Å². The van der Waals surface area contributed by atoms with Crippen molar-refractivity contribution in [2.24, 2.45) is 5.92 Å². The van der Waals surface area contributed by atoms with Crippen molar-refractivity contribution in [2.75, 3.05) is 13.6 Å². The van der Waals surface area contributed by atoms with Crippen molar-refractivity contribution in [3.05, 3.63) is 0 Å². The summed E-state index contributed by atoms with van der Waals surface area (Å²) < 4.78 is 0. The number of hydrogen-bond acceptors (Lipinski definition) is 2. The van der Waals surface area contributed by atoms with Crippen molar-refractivity contribution < 1.29 is 9.90 Å². The third-order valence-electron chi connectivity index (χ3n) is 2.50. The molecule has 1 rings (SSSR count). The molecular weight excluding hydrogens is 142 g/mol. The minimum absolute atomic E-state index is 0.0138. The molecule has 0 bridgehead atoms. The van der Waals surface area contributed by atoms with E-state index < -0.39 is 5.60 Å². The zero-order valence-electron chi connectivity index (χ0n) is 7.29. The van der Waals surface area contributed by atoms with Crippen molar-refractivity contribution in [1.82, 2.24) is 4.90 Å². The number of likely N-dealkylation sites (N-methyl/N-ethyl adjacent to an activating group) is 1. The fourth-order valence-electron chi connectivity index (χ4n) is 1.41. The van der Waals surface area contributed by atoms with Gasteiger partial charge in [-0.15, -0.1) is 0 Å². The molecule has 0 aromatic heterocycles. The van der Waals surface area contributed by atoms with Gasteiger partial charge in [-0.2, -0.15) is 0 Å². The second-order valence-corrected chi connectivity index (χ2v) is 3.56. The largest absolute Gasteiger partial charge is 0.380 e. The Labute approximate surface area is 67.0 Å². The lowest BCUT2D eigenvalue weighted by molar-refractivity contribution is -0.146. The lowest BCUT2D eigenvalue weighted by atomic mass is 9.89. The number of amides is 1. The predicted octanol–water partition coefficient (Wildman–Crippen LogP) is 0.236. The lowest BCUT2D eigenvalue weighted by Gasteiger charge is -2.24. The highest BCUT2D eigenvalue weighted by Gasteiger charge is 2.45. The Morgan fingerprint density at radius 2 is 2.18 bits per heavy atom. The van der Waals surface area contributed by atoms with Gasteiger partial charge in [-0.25, -0.2) is 0 Å². The summed E-state index contributed by atoms with van der Waals surface area (Å²) in [6, 6.07) is 0. The Morgan fingerprint density at radius 3 is 2.36 bits per heavy atom. The molecule has 0 spiro atoms. The minimum atomic E-state index is -1.09.